The van der Waals surface area contributed by atoms with Crippen LogP contribution in [-0.4, -0.2) is 16.3 Å². The van der Waals surface area contributed by atoms with E-state index in [-0.39, 0.29) is 11.2 Å². The van der Waals surface area contributed by atoms with Gasteiger partial charge in [-0.3, -0.25) is 4.79 Å². The third-order valence-corrected chi connectivity index (χ3v) is 3.17. The normalized spacial score (nSPS) is 14.6. The van der Waals surface area contributed by atoms with Crippen LogP contribution < -0.4 is 5.73 Å². The summed E-state index contributed by atoms with van der Waals surface area (Å²) in [5, 5.41) is 9.14. The molecule has 0 aliphatic carbocycles. The maximum absolute atomic E-state index is 10.9. The van der Waals surface area contributed by atoms with E-state index in [4.69, 9.17) is 5.73 Å². The Hall–Kier alpha value is -1.00. The lowest BCUT2D eigenvalue weighted by atomic mass is 10.1. The summed E-state index contributed by atoms with van der Waals surface area (Å²) in [4.78, 5) is 11.8. The van der Waals surface area contributed by atoms with Crippen LogP contribution in [0.15, 0.2) is 29.2 Å². The van der Waals surface area contributed by atoms with Crippen molar-refractivity contribution in [2.45, 2.75) is 30.1 Å². The summed E-state index contributed by atoms with van der Waals surface area (Å²) < 4.78 is 0. The van der Waals surface area contributed by atoms with Crippen molar-refractivity contribution in [2.24, 2.45) is 5.73 Å². The molecule has 3 N–H and O–H groups in total. The highest BCUT2D eigenvalue weighted by atomic mass is 32.2. The lowest BCUT2D eigenvalue weighted by Gasteiger charge is -2.09. The molecule has 0 saturated heterocycles. The molecule has 0 fully saturated rings. The van der Waals surface area contributed by atoms with Gasteiger partial charge in [0.1, 0.15) is 0 Å². The molecule has 1 aromatic rings. The van der Waals surface area contributed by atoms with Crippen LogP contribution in [0, 0.1) is 0 Å². The average molecular weight is 225 g/mol. The van der Waals surface area contributed by atoms with E-state index in [2.05, 4.69) is 0 Å². The standard InChI is InChI=1S/C11H15NO2S/c1-7(13)9-4-3-5-10(6-9)15-8(2)11(12)14/h3-8,13H,1-2H3,(H2,12,14). The van der Waals surface area contributed by atoms with E-state index in [9.17, 15) is 9.90 Å². The monoisotopic (exact) mass is 225 g/mol. The van der Waals surface area contributed by atoms with Crippen molar-refractivity contribution in [3.63, 3.8) is 0 Å². The highest BCUT2D eigenvalue weighted by Crippen LogP contribution is 2.25. The molecule has 0 radical (unpaired) electrons. The van der Waals surface area contributed by atoms with Gasteiger partial charge < -0.3 is 10.8 Å². The first-order valence-electron chi connectivity index (χ1n) is 4.74. The fourth-order valence-electron chi connectivity index (χ4n) is 1.11. The first-order valence-corrected chi connectivity index (χ1v) is 5.62. The van der Waals surface area contributed by atoms with E-state index in [0.29, 0.717) is 0 Å². The van der Waals surface area contributed by atoms with E-state index < -0.39 is 6.10 Å². The number of nitrogens with two attached hydrogens (primary N) is 1. The third kappa shape index (κ3) is 3.57. The molecule has 0 bridgehead atoms. The van der Waals surface area contributed by atoms with Gasteiger partial charge >= 0.3 is 0 Å². The van der Waals surface area contributed by atoms with Crippen molar-refractivity contribution in [1.82, 2.24) is 0 Å². The van der Waals surface area contributed by atoms with Gasteiger partial charge in [0, 0.05) is 4.90 Å². The predicted molar refractivity (Wildman–Crippen MR) is 61.6 cm³/mol. The minimum atomic E-state index is -0.491. The Morgan fingerprint density at radius 3 is 2.67 bits per heavy atom. The molecule has 2 unspecified atom stereocenters. The number of hydrogen-bond donors (Lipinski definition) is 2. The number of amides is 1. The minimum absolute atomic E-state index is 0.255. The average Bonchev–Trinajstić information content (AvgIpc) is 2.18. The summed E-state index contributed by atoms with van der Waals surface area (Å²) in [6.07, 6.45) is -0.491. The fourth-order valence-corrected chi connectivity index (χ4v) is 2.00. The van der Waals surface area contributed by atoms with Crippen LogP contribution in [0.5, 0.6) is 0 Å². The van der Waals surface area contributed by atoms with Crippen LogP contribution in [-0.2, 0) is 4.79 Å². The highest BCUT2D eigenvalue weighted by molar-refractivity contribution is 8.00. The molecule has 0 saturated carbocycles. The second-order valence-electron chi connectivity index (χ2n) is 3.41. The summed E-state index contributed by atoms with van der Waals surface area (Å²) in [6, 6.07) is 7.48. The Balaban J connectivity index is 2.78. The quantitative estimate of drug-likeness (QED) is 0.767. The van der Waals surface area contributed by atoms with Gasteiger partial charge in [-0.05, 0) is 31.5 Å². The molecular formula is C11H15NO2S. The number of hydrogen-bond acceptors (Lipinski definition) is 3. The Morgan fingerprint density at radius 1 is 1.47 bits per heavy atom. The minimum Gasteiger partial charge on any atom is -0.389 e. The summed E-state index contributed by atoms with van der Waals surface area (Å²) >= 11 is 1.40. The summed E-state index contributed by atoms with van der Waals surface area (Å²) in [5.41, 5.74) is 6.02. The molecular weight excluding hydrogens is 210 g/mol. The number of carbonyl (C=O) groups excluding carboxylic acids is 1. The molecule has 0 heterocycles. The zero-order valence-corrected chi connectivity index (χ0v) is 9.62. The van der Waals surface area contributed by atoms with Gasteiger partial charge in [-0.15, -0.1) is 11.8 Å². The van der Waals surface area contributed by atoms with Crippen LogP contribution >= 0.6 is 11.8 Å². The first kappa shape index (κ1) is 12.1. The number of aliphatic hydroxyl groups excluding tert-OH is 1. The second kappa shape index (κ2) is 5.19. The highest BCUT2D eigenvalue weighted by Gasteiger charge is 2.11. The Morgan fingerprint density at radius 2 is 2.13 bits per heavy atom. The number of thioether (sulfide) groups is 1. The van der Waals surface area contributed by atoms with E-state index in [1.54, 1.807) is 13.8 Å². The molecule has 3 nitrogen and oxygen atoms in total. The lowest BCUT2D eigenvalue weighted by Crippen LogP contribution is -2.22. The van der Waals surface area contributed by atoms with Gasteiger partial charge in [0.05, 0.1) is 11.4 Å². The Labute approximate surface area is 93.7 Å². The molecule has 1 rings (SSSR count). The van der Waals surface area contributed by atoms with Crippen molar-refractivity contribution < 1.29 is 9.90 Å². The van der Waals surface area contributed by atoms with Crippen molar-refractivity contribution in [2.75, 3.05) is 0 Å². The zero-order chi connectivity index (χ0) is 11.4. The van der Waals surface area contributed by atoms with Crippen molar-refractivity contribution in [3.8, 4) is 0 Å². The summed E-state index contributed by atoms with van der Waals surface area (Å²) in [6.45, 7) is 3.48. The molecule has 1 amide bonds. The number of rotatable bonds is 4. The molecule has 0 spiro atoms. The summed E-state index contributed by atoms with van der Waals surface area (Å²) in [5.74, 6) is -0.331. The Kier molecular flexibility index (Phi) is 4.17. The number of primary amides is 1. The molecule has 2 atom stereocenters. The topological polar surface area (TPSA) is 63.3 Å². The van der Waals surface area contributed by atoms with Gasteiger partial charge in [0.2, 0.25) is 5.91 Å². The number of benzene rings is 1. The fraction of sp³-hybridized carbons (Fsp3) is 0.364. The van der Waals surface area contributed by atoms with Gasteiger partial charge in [-0.1, -0.05) is 12.1 Å². The van der Waals surface area contributed by atoms with Crippen LogP contribution in [0.4, 0.5) is 0 Å². The van der Waals surface area contributed by atoms with E-state index >= 15 is 0 Å². The van der Waals surface area contributed by atoms with Gasteiger partial charge in [-0.2, -0.15) is 0 Å². The van der Waals surface area contributed by atoms with Crippen LogP contribution in [0.1, 0.15) is 25.5 Å². The van der Waals surface area contributed by atoms with Crippen LogP contribution in [0.3, 0.4) is 0 Å². The maximum atomic E-state index is 10.9. The molecule has 15 heavy (non-hydrogen) atoms. The largest absolute Gasteiger partial charge is 0.389 e. The maximum Gasteiger partial charge on any atom is 0.230 e. The lowest BCUT2D eigenvalue weighted by molar-refractivity contribution is -0.117. The zero-order valence-electron chi connectivity index (χ0n) is 8.81. The third-order valence-electron chi connectivity index (χ3n) is 2.05. The number of carbonyl (C=O) groups is 1. The SMILES string of the molecule is CC(Sc1cccc(C(C)O)c1)C(N)=O. The van der Waals surface area contributed by atoms with Crippen LogP contribution in [0.25, 0.3) is 0 Å². The molecule has 1 aromatic carbocycles. The molecule has 4 heteroatoms. The number of aliphatic hydroxyl groups is 1. The molecule has 82 valence electrons. The molecule has 0 aliphatic heterocycles. The van der Waals surface area contributed by atoms with Crippen molar-refractivity contribution in [3.05, 3.63) is 29.8 Å². The smallest absolute Gasteiger partial charge is 0.230 e. The van der Waals surface area contributed by atoms with Gasteiger partial charge in [-0.25, -0.2) is 0 Å². The van der Waals surface area contributed by atoms with E-state index in [1.165, 1.54) is 11.8 Å². The van der Waals surface area contributed by atoms with E-state index in [0.717, 1.165) is 10.5 Å². The second-order valence-corrected chi connectivity index (χ2v) is 4.83. The van der Waals surface area contributed by atoms with Crippen molar-refractivity contribution >= 4 is 17.7 Å². The summed E-state index contributed by atoms with van der Waals surface area (Å²) in [7, 11) is 0. The molecule has 0 aromatic heterocycles. The Bertz CT molecular complexity index is 352. The first-order chi connectivity index (χ1) is 7.00. The van der Waals surface area contributed by atoms with E-state index in [1.807, 2.05) is 24.3 Å². The van der Waals surface area contributed by atoms with Gasteiger partial charge in [0.25, 0.3) is 0 Å². The van der Waals surface area contributed by atoms with Crippen LogP contribution in [0.2, 0.25) is 0 Å². The predicted octanol–water partition coefficient (Wildman–Crippen LogP) is 1.71. The van der Waals surface area contributed by atoms with Gasteiger partial charge in [0.15, 0.2) is 0 Å². The van der Waals surface area contributed by atoms with Crippen molar-refractivity contribution in [1.29, 1.82) is 0 Å². The molecule has 0 aliphatic rings.